The molecule has 1 aliphatic heterocycles. The zero-order valence-corrected chi connectivity index (χ0v) is 19.5. The number of methoxy groups -OCH3 is 1. The highest BCUT2D eigenvalue weighted by atomic mass is 35.5. The van der Waals surface area contributed by atoms with E-state index in [0.29, 0.717) is 28.1 Å². The number of nitrogens with one attached hydrogen (secondary N) is 1. The number of thioether (sulfide) groups is 1. The molecule has 1 N–H and O–H groups in total. The molecular weight excluding hydrogens is 458 g/mol. The largest absolute Gasteiger partial charge is 0.497 e. The summed E-state index contributed by atoms with van der Waals surface area (Å²) in [5.41, 5.74) is 2.23. The molecule has 0 radical (unpaired) electrons. The molecule has 1 heterocycles. The van der Waals surface area contributed by atoms with Crippen LogP contribution in [0.3, 0.4) is 0 Å². The topological polar surface area (TPSA) is 71.0 Å². The van der Waals surface area contributed by atoms with Crippen molar-refractivity contribution < 1.29 is 14.3 Å². The fraction of sp³-hybridized carbons (Fsp3) is 0.160. The second-order valence-corrected chi connectivity index (χ2v) is 8.97. The molecule has 0 aromatic heterocycles. The van der Waals surface area contributed by atoms with E-state index in [1.807, 2.05) is 54.6 Å². The molecule has 2 amide bonds. The first-order chi connectivity index (χ1) is 16.0. The van der Waals surface area contributed by atoms with Gasteiger partial charge in [0.2, 0.25) is 11.8 Å². The van der Waals surface area contributed by atoms with E-state index in [1.54, 1.807) is 36.3 Å². The number of carbonyl (C=O) groups excluding carboxylic acids is 2. The van der Waals surface area contributed by atoms with Gasteiger partial charge in [0, 0.05) is 17.1 Å². The van der Waals surface area contributed by atoms with Crippen LogP contribution in [0.5, 0.6) is 5.75 Å². The fourth-order valence-corrected chi connectivity index (χ4v) is 4.60. The Bertz CT molecular complexity index is 1170. The van der Waals surface area contributed by atoms with Crippen molar-refractivity contribution in [1.82, 2.24) is 4.90 Å². The number of benzene rings is 3. The molecule has 8 heteroatoms. The van der Waals surface area contributed by atoms with Crippen LogP contribution >= 0.6 is 23.4 Å². The lowest BCUT2D eigenvalue weighted by molar-refractivity contribution is -0.129. The summed E-state index contributed by atoms with van der Waals surface area (Å²) in [5, 5.41) is 3.26. The van der Waals surface area contributed by atoms with E-state index in [0.717, 1.165) is 11.3 Å². The van der Waals surface area contributed by atoms with Gasteiger partial charge in [0.05, 0.1) is 19.3 Å². The number of carbonyl (C=O) groups is 2. The zero-order valence-electron chi connectivity index (χ0n) is 17.9. The number of amidine groups is 1. The van der Waals surface area contributed by atoms with E-state index in [4.69, 9.17) is 21.3 Å². The molecule has 3 aromatic rings. The first-order valence-electron chi connectivity index (χ1n) is 10.3. The van der Waals surface area contributed by atoms with Crippen LogP contribution in [0.25, 0.3) is 0 Å². The Morgan fingerprint density at radius 3 is 2.58 bits per heavy atom. The lowest BCUT2D eigenvalue weighted by atomic mass is 10.2. The number of rotatable bonds is 6. The van der Waals surface area contributed by atoms with E-state index < -0.39 is 5.25 Å². The highest BCUT2D eigenvalue weighted by Crippen LogP contribution is 2.31. The number of ether oxygens (including phenoxy) is 1. The van der Waals surface area contributed by atoms with Gasteiger partial charge in [0.15, 0.2) is 5.17 Å². The van der Waals surface area contributed by atoms with Crippen LogP contribution in [0.15, 0.2) is 83.9 Å². The van der Waals surface area contributed by atoms with Gasteiger partial charge in [-0.2, -0.15) is 0 Å². The number of hydrogen-bond donors (Lipinski definition) is 1. The number of nitrogens with zero attached hydrogens (tertiary/aromatic N) is 2. The summed E-state index contributed by atoms with van der Waals surface area (Å²) in [7, 11) is 1.61. The molecule has 6 nitrogen and oxygen atoms in total. The van der Waals surface area contributed by atoms with E-state index in [2.05, 4.69) is 5.32 Å². The maximum Gasteiger partial charge on any atom is 0.238 e. The van der Waals surface area contributed by atoms with Crippen molar-refractivity contribution in [2.24, 2.45) is 4.99 Å². The van der Waals surface area contributed by atoms with Crippen molar-refractivity contribution in [3.8, 4) is 5.75 Å². The van der Waals surface area contributed by atoms with Crippen molar-refractivity contribution in [3.05, 3.63) is 89.4 Å². The maximum atomic E-state index is 13.1. The molecule has 0 spiro atoms. The first-order valence-corrected chi connectivity index (χ1v) is 11.6. The molecule has 1 unspecified atom stereocenters. The van der Waals surface area contributed by atoms with Gasteiger partial charge < -0.3 is 10.1 Å². The molecule has 0 bridgehead atoms. The molecule has 33 heavy (non-hydrogen) atoms. The fourth-order valence-electron chi connectivity index (χ4n) is 3.31. The van der Waals surface area contributed by atoms with Crippen molar-refractivity contribution in [1.29, 1.82) is 0 Å². The summed E-state index contributed by atoms with van der Waals surface area (Å²) in [4.78, 5) is 32.4. The molecule has 4 rings (SSSR count). The Balaban J connectivity index is 1.57. The Labute approximate surface area is 201 Å². The average molecular weight is 480 g/mol. The summed E-state index contributed by atoms with van der Waals surface area (Å²) < 4.78 is 5.22. The van der Waals surface area contributed by atoms with Gasteiger partial charge in [0.1, 0.15) is 11.0 Å². The van der Waals surface area contributed by atoms with Crippen molar-refractivity contribution in [3.63, 3.8) is 0 Å². The molecule has 1 fully saturated rings. The minimum Gasteiger partial charge on any atom is -0.497 e. The minimum atomic E-state index is -0.605. The van der Waals surface area contributed by atoms with Crippen molar-refractivity contribution >= 4 is 51.7 Å². The summed E-state index contributed by atoms with van der Waals surface area (Å²) >= 11 is 7.30. The highest BCUT2D eigenvalue weighted by molar-refractivity contribution is 8.15. The van der Waals surface area contributed by atoms with Gasteiger partial charge >= 0.3 is 0 Å². The number of anilines is 1. The third kappa shape index (κ3) is 5.94. The van der Waals surface area contributed by atoms with Crippen molar-refractivity contribution in [2.45, 2.75) is 18.2 Å². The Kier molecular flexibility index (Phi) is 7.32. The van der Waals surface area contributed by atoms with Crippen LogP contribution in [-0.4, -0.2) is 34.2 Å². The van der Waals surface area contributed by atoms with Gasteiger partial charge in [0.25, 0.3) is 0 Å². The lowest BCUT2D eigenvalue weighted by Gasteiger charge is -2.32. The number of para-hydroxylation sites is 1. The van der Waals surface area contributed by atoms with Gasteiger partial charge in [-0.25, -0.2) is 4.99 Å². The molecule has 3 aromatic carbocycles. The Morgan fingerprint density at radius 1 is 1.12 bits per heavy atom. The zero-order chi connectivity index (χ0) is 23.2. The molecule has 168 valence electrons. The molecule has 0 aliphatic carbocycles. The average Bonchev–Trinajstić information content (AvgIpc) is 2.82. The van der Waals surface area contributed by atoms with Crippen LogP contribution in [0.2, 0.25) is 5.02 Å². The number of amides is 2. The van der Waals surface area contributed by atoms with Crippen LogP contribution < -0.4 is 10.1 Å². The number of halogens is 1. The number of hydrogen-bond acceptors (Lipinski definition) is 5. The van der Waals surface area contributed by atoms with Gasteiger partial charge in [-0.3, -0.25) is 14.5 Å². The van der Waals surface area contributed by atoms with Gasteiger partial charge in [-0.15, -0.1) is 0 Å². The third-order valence-electron chi connectivity index (χ3n) is 5.00. The molecule has 0 saturated carbocycles. The van der Waals surface area contributed by atoms with Crippen LogP contribution in [-0.2, 0) is 16.1 Å². The lowest BCUT2D eigenvalue weighted by Crippen LogP contribution is -2.44. The normalized spacial score (nSPS) is 17.2. The molecular formula is C25H22ClN3O3S. The van der Waals surface area contributed by atoms with Crippen LogP contribution in [0.4, 0.5) is 11.4 Å². The summed E-state index contributed by atoms with van der Waals surface area (Å²) in [6.45, 7) is 0.351. The molecule has 1 atom stereocenters. The predicted molar refractivity (Wildman–Crippen MR) is 133 cm³/mol. The molecule has 1 aliphatic rings. The van der Waals surface area contributed by atoms with Crippen LogP contribution in [0.1, 0.15) is 12.0 Å². The summed E-state index contributed by atoms with van der Waals surface area (Å²) in [5.74, 6) is 0.319. The van der Waals surface area contributed by atoms with E-state index in [9.17, 15) is 9.59 Å². The standard InChI is InChI=1S/C25H22ClN3O3S/c1-32-21-12-10-17(11-13-21)16-29-23(30)15-22(24(31)27-20-9-5-6-18(26)14-20)33-25(29)28-19-7-3-2-4-8-19/h2-14,22H,15-16H2,1H3,(H,27,31). The number of aliphatic imine (C=N–C) groups is 1. The van der Waals surface area contributed by atoms with Gasteiger partial charge in [-0.05, 0) is 48.0 Å². The smallest absolute Gasteiger partial charge is 0.238 e. The van der Waals surface area contributed by atoms with E-state index in [1.165, 1.54) is 11.8 Å². The third-order valence-corrected chi connectivity index (χ3v) is 6.43. The molecule has 1 saturated heterocycles. The summed E-state index contributed by atoms with van der Waals surface area (Å²) in [6, 6.07) is 23.8. The maximum absolute atomic E-state index is 13.1. The quantitative estimate of drug-likeness (QED) is 0.506. The van der Waals surface area contributed by atoms with Crippen LogP contribution in [0, 0.1) is 0 Å². The first kappa shape index (κ1) is 22.9. The Hall–Kier alpha value is -3.29. The minimum absolute atomic E-state index is 0.0705. The van der Waals surface area contributed by atoms with Gasteiger partial charge in [-0.1, -0.05) is 59.8 Å². The second kappa shape index (κ2) is 10.6. The monoisotopic (exact) mass is 479 g/mol. The summed E-state index contributed by atoms with van der Waals surface area (Å²) in [6.07, 6.45) is 0.0705. The SMILES string of the molecule is COc1ccc(CN2C(=O)CC(C(=O)Nc3cccc(Cl)c3)SC2=Nc2ccccc2)cc1. The highest BCUT2D eigenvalue weighted by Gasteiger charge is 2.36. The second-order valence-electron chi connectivity index (χ2n) is 7.37. The predicted octanol–water partition coefficient (Wildman–Crippen LogP) is 5.51. The van der Waals surface area contributed by atoms with E-state index in [-0.39, 0.29) is 18.2 Å². The van der Waals surface area contributed by atoms with Crippen molar-refractivity contribution in [2.75, 3.05) is 12.4 Å². The van der Waals surface area contributed by atoms with E-state index >= 15 is 0 Å². The Morgan fingerprint density at radius 2 is 1.88 bits per heavy atom.